The summed E-state index contributed by atoms with van der Waals surface area (Å²) in [4.78, 5) is 11.7. The van der Waals surface area contributed by atoms with Crippen molar-refractivity contribution in [3.63, 3.8) is 0 Å². The molecule has 1 fully saturated rings. The van der Waals surface area contributed by atoms with Crippen molar-refractivity contribution >= 4 is 11.8 Å². The summed E-state index contributed by atoms with van der Waals surface area (Å²) in [5, 5.41) is 6.39. The molecule has 0 saturated heterocycles. The van der Waals surface area contributed by atoms with Gasteiger partial charge in [0.1, 0.15) is 5.60 Å². The van der Waals surface area contributed by atoms with E-state index in [9.17, 15) is 4.79 Å². The predicted molar refractivity (Wildman–Crippen MR) is 92.3 cm³/mol. The van der Waals surface area contributed by atoms with E-state index in [-0.39, 0.29) is 0 Å². The standard InChI is InChI=1S/C19H26N2O2/c1-19(2,3)23-18(22)21-15-9-7-13(8-10-15)12-20-17-11-14-5-4-6-16(14)17/h4,6-10,14,16-17,20H,5,11-12H2,1-3H3,(H,21,22). The van der Waals surface area contributed by atoms with Crippen molar-refractivity contribution in [1.82, 2.24) is 5.32 Å². The molecule has 0 aromatic heterocycles. The molecular weight excluding hydrogens is 288 g/mol. The molecule has 1 aromatic rings. The molecule has 4 nitrogen and oxygen atoms in total. The lowest BCUT2D eigenvalue weighted by Crippen LogP contribution is -2.47. The van der Waals surface area contributed by atoms with Crippen molar-refractivity contribution in [2.75, 3.05) is 5.32 Å². The Labute approximate surface area is 138 Å². The van der Waals surface area contributed by atoms with Crippen LogP contribution in [0.5, 0.6) is 0 Å². The van der Waals surface area contributed by atoms with E-state index < -0.39 is 11.7 Å². The van der Waals surface area contributed by atoms with E-state index in [1.165, 1.54) is 18.4 Å². The fourth-order valence-corrected chi connectivity index (χ4v) is 3.32. The van der Waals surface area contributed by atoms with Crippen molar-refractivity contribution < 1.29 is 9.53 Å². The van der Waals surface area contributed by atoms with Crippen LogP contribution in [0, 0.1) is 11.8 Å². The zero-order valence-corrected chi connectivity index (χ0v) is 14.1. The summed E-state index contributed by atoms with van der Waals surface area (Å²) in [5.74, 6) is 1.62. The van der Waals surface area contributed by atoms with Gasteiger partial charge in [0.15, 0.2) is 0 Å². The molecule has 3 atom stereocenters. The third kappa shape index (κ3) is 4.14. The highest BCUT2D eigenvalue weighted by Gasteiger charge is 2.40. The number of benzene rings is 1. The van der Waals surface area contributed by atoms with Gasteiger partial charge in [-0.2, -0.15) is 0 Å². The number of amides is 1. The molecule has 0 spiro atoms. The molecule has 1 saturated carbocycles. The summed E-state index contributed by atoms with van der Waals surface area (Å²) in [6.07, 6.45) is 6.80. The predicted octanol–water partition coefficient (Wildman–Crippen LogP) is 4.09. The third-order valence-electron chi connectivity index (χ3n) is 4.53. The maximum Gasteiger partial charge on any atom is 0.412 e. The number of carbonyl (C=O) groups is 1. The van der Waals surface area contributed by atoms with E-state index in [0.717, 1.165) is 24.1 Å². The second-order valence-electron chi connectivity index (χ2n) is 7.55. The third-order valence-corrected chi connectivity index (χ3v) is 4.53. The van der Waals surface area contributed by atoms with E-state index in [1.807, 2.05) is 45.0 Å². The van der Waals surface area contributed by atoms with Gasteiger partial charge in [-0.1, -0.05) is 24.3 Å². The first-order valence-corrected chi connectivity index (χ1v) is 8.40. The average Bonchev–Trinajstić information content (AvgIpc) is 2.80. The minimum atomic E-state index is -0.483. The first kappa shape index (κ1) is 16.1. The minimum absolute atomic E-state index is 0.420. The summed E-state index contributed by atoms with van der Waals surface area (Å²) < 4.78 is 5.24. The normalized spacial score (nSPS) is 25.6. The van der Waals surface area contributed by atoms with Crippen molar-refractivity contribution in [2.24, 2.45) is 11.8 Å². The van der Waals surface area contributed by atoms with Crippen LogP contribution in [0.4, 0.5) is 10.5 Å². The van der Waals surface area contributed by atoms with Gasteiger partial charge in [-0.3, -0.25) is 5.32 Å². The zero-order valence-electron chi connectivity index (χ0n) is 14.1. The Balaban J connectivity index is 1.45. The average molecular weight is 314 g/mol. The van der Waals surface area contributed by atoms with Gasteiger partial charge in [0.2, 0.25) is 0 Å². The highest BCUT2D eigenvalue weighted by atomic mass is 16.6. The molecule has 2 aliphatic rings. The Morgan fingerprint density at radius 3 is 2.65 bits per heavy atom. The molecule has 23 heavy (non-hydrogen) atoms. The summed E-state index contributed by atoms with van der Waals surface area (Å²) in [7, 11) is 0. The molecule has 1 amide bonds. The van der Waals surface area contributed by atoms with Crippen LogP contribution >= 0.6 is 0 Å². The first-order valence-electron chi connectivity index (χ1n) is 8.40. The Kier molecular flexibility index (Phi) is 4.44. The van der Waals surface area contributed by atoms with Crippen molar-refractivity contribution in [3.8, 4) is 0 Å². The maximum atomic E-state index is 11.7. The fraction of sp³-hybridized carbons (Fsp3) is 0.526. The lowest BCUT2D eigenvalue weighted by atomic mass is 9.71. The minimum Gasteiger partial charge on any atom is -0.444 e. The summed E-state index contributed by atoms with van der Waals surface area (Å²) in [5.41, 5.74) is 1.50. The van der Waals surface area contributed by atoms with Crippen molar-refractivity contribution in [2.45, 2.75) is 51.8 Å². The van der Waals surface area contributed by atoms with Crippen molar-refractivity contribution in [3.05, 3.63) is 42.0 Å². The van der Waals surface area contributed by atoms with Crippen LogP contribution in [-0.2, 0) is 11.3 Å². The van der Waals surface area contributed by atoms with E-state index in [0.29, 0.717) is 6.04 Å². The highest BCUT2D eigenvalue weighted by Crippen LogP contribution is 2.42. The van der Waals surface area contributed by atoms with Crippen LogP contribution in [-0.4, -0.2) is 17.7 Å². The fourth-order valence-electron chi connectivity index (χ4n) is 3.32. The number of carbonyl (C=O) groups excluding carboxylic acids is 1. The van der Waals surface area contributed by atoms with Gasteiger partial charge < -0.3 is 10.1 Å². The molecule has 0 heterocycles. The van der Waals surface area contributed by atoms with Crippen LogP contribution in [0.3, 0.4) is 0 Å². The van der Waals surface area contributed by atoms with E-state index >= 15 is 0 Å². The molecule has 124 valence electrons. The lowest BCUT2D eigenvalue weighted by Gasteiger charge is -2.40. The van der Waals surface area contributed by atoms with Gasteiger partial charge in [0, 0.05) is 18.3 Å². The van der Waals surface area contributed by atoms with Crippen LogP contribution in [0.15, 0.2) is 36.4 Å². The van der Waals surface area contributed by atoms with Gasteiger partial charge in [0.25, 0.3) is 0 Å². The van der Waals surface area contributed by atoms with E-state index in [4.69, 9.17) is 4.74 Å². The smallest absolute Gasteiger partial charge is 0.412 e. The molecular formula is C19H26N2O2. The van der Waals surface area contributed by atoms with Gasteiger partial charge in [-0.15, -0.1) is 0 Å². The highest BCUT2D eigenvalue weighted by molar-refractivity contribution is 5.84. The summed E-state index contributed by atoms with van der Waals surface area (Å²) in [6, 6.07) is 8.54. The second-order valence-corrected chi connectivity index (χ2v) is 7.55. The molecule has 4 heteroatoms. The largest absolute Gasteiger partial charge is 0.444 e. The molecule has 3 rings (SSSR count). The van der Waals surface area contributed by atoms with Gasteiger partial charge in [-0.05, 0) is 63.1 Å². The Bertz CT molecular complexity index is 586. The van der Waals surface area contributed by atoms with E-state index in [2.05, 4.69) is 22.8 Å². The zero-order chi connectivity index (χ0) is 16.4. The molecule has 2 N–H and O–H groups in total. The topological polar surface area (TPSA) is 50.4 Å². The van der Waals surface area contributed by atoms with Crippen LogP contribution in [0.25, 0.3) is 0 Å². The first-order chi connectivity index (χ1) is 10.9. The number of ether oxygens (including phenoxy) is 1. The summed E-state index contributed by atoms with van der Waals surface area (Å²) >= 11 is 0. The number of rotatable bonds is 4. The number of anilines is 1. The van der Waals surface area contributed by atoms with Crippen molar-refractivity contribution in [1.29, 1.82) is 0 Å². The molecule has 0 radical (unpaired) electrons. The number of allylic oxidation sites excluding steroid dienone is 1. The van der Waals surface area contributed by atoms with Gasteiger partial charge in [-0.25, -0.2) is 4.79 Å². The number of hydrogen-bond acceptors (Lipinski definition) is 3. The number of hydrogen-bond donors (Lipinski definition) is 2. The van der Waals surface area contributed by atoms with Crippen LogP contribution in [0.2, 0.25) is 0 Å². The van der Waals surface area contributed by atoms with Gasteiger partial charge >= 0.3 is 6.09 Å². The number of nitrogens with one attached hydrogen (secondary N) is 2. The Morgan fingerprint density at radius 2 is 2.00 bits per heavy atom. The molecule has 2 aliphatic carbocycles. The van der Waals surface area contributed by atoms with Gasteiger partial charge in [0.05, 0.1) is 0 Å². The maximum absolute atomic E-state index is 11.7. The quantitative estimate of drug-likeness (QED) is 0.823. The molecule has 3 unspecified atom stereocenters. The van der Waals surface area contributed by atoms with Crippen LogP contribution in [0.1, 0.15) is 39.2 Å². The monoisotopic (exact) mass is 314 g/mol. The van der Waals surface area contributed by atoms with E-state index in [1.54, 1.807) is 0 Å². The molecule has 1 aromatic carbocycles. The van der Waals surface area contributed by atoms with Crippen LogP contribution < -0.4 is 10.6 Å². The number of fused-ring (bicyclic) bond motifs is 1. The molecule has 0 aliphatic heterocycles. The summed E-state index contributed by atoms with van der Waals surface area (Å²) in [6.45, 7) is 6.43. The molecule has 0 bridgehead atoms. The lowest BCUT2D eigenvalue weighted by molar-refractivity contribution is 0.0636. The second kappa shape index (κ2) is 6.36. The SMILES string of the molecule is CC(C)(C)OC(=O)Nc1ccc(CNC2CC3CC=CC32)cc1. The Morgan fingerprint density at radius 1 is 1.26 bits per heavy atom. The Hall–Kier alpha value is -1.81.